The number of rotatable bonds is 6. The van der Waals surface area contributed by atoms with Crippen molar-refractivity contribution < 1.29 is 19.1 Å². The molecule has 34 heavy (non-hydrogen) atoms. The molecule has 180 valence electrons. The van der Waals surface area contributed by atoms with Crippen LogP contribution in [0.1, 0.15) is 49.5 Å². The number of carbonyl (C=O) groups excluding carboxylic acids is 3. The van der Waals surface area contributed by atoms with E-state index in [1.807, 2.05) is 57.2 Å². The second kappa shape index (κ2) is 9.56. The van der Waals surface area contributed by atoms with E-state index in [-0.39, 0.29) is 11.4 Å². The Hall–Kier alpha value is -3.85. The third kappa shape index (κ3) is 5.20. The summed E-state index contributed by atoms with van der Waals surface area (Å²) in [6.45, 7) is 5.51. The maximum atomic E-state index is 12.3. The lowest BCUT2D eigenvalue weighted by atomic mass is 9.97. The van der Waals surface area contributed by atoms with Gasteiger partial charge in [0.15, 0.2) is 0 Å². The summed E-state index contributed by atoms with van der Waals surface area (Å²) >= 11 is 0. The van der Waals surface area contributed by atoms with Gasteiger partial charge < -0.3 is 31.8 Å². The third-order valence-electron chi connectivity index (χ3n) is 5.49. The number of nitrogens with two attached hydrogens (primary N) is 2. The number of nitrogens with one attached hydrogen (secondary N) is 3. The molecule has 0 radical (unpaired) electrons. The van der Waals surface area contributed by atoms with Gasteiger partial charge in [-0.25, -0.2) is 4.79 Å². The topological polar surface area (TPSA) is 152 Å². The smallest absolute Gasteiger partial charge is 0.408 e. The Morgan fingerprint density at radius 3 is 2.35 bits per heavy atom. The number of benzene rings is 2. The van der Waals surface area contributed by atoms with E-state index >= 15 is 0 Å². The fourth-order valence-corrected chi connectivity index (χ4v) is 3.91. The van der Waals surface area contributed by atoms with Crippen LogP contribution in [-0.4, -0.2) is 36.0 Å². The van der Waals surface area contributed by atoms with Gasteiger partial charge in [0.05, 0.1) is 11.1 Å². The van der Waals surface area contributed by atoms with E-state index in [9.17, 15) is 14.4 Å². The summed E-state index contributed by atoms with van der Waals surface area (Å²) in [5, 5.41) is 6.15. The van der Waals surface area contributed by atoms with Crippen molar-refractivity contribution in [2.24, 2.45) is 11.5 Å². The molecule has 3 aromatic rings. The van der Waals surface area contributed by atoms with Crippen LogP contribution in [0.2, 0.25) is 0 Å². The highest BCUT2D eigenvalue weighted by atomic mass is 16.6. The van der Waals surface area contributed by atoms with Crippen LogP contribution in [-0.2, 0) is 15.1 Å². The van der Waals surface area contributed by atoms with Crippen LogP contribution in [0.5, 0.6) is 0 Å². The molecule has 1 aliphatic rings. The molecule has 1 aromatic heterocycles. The summed E-state index contributed by atoms with van der Waals surface area (Å²) in [7, 11) is 1.50. The highest BCUT2D eigenvalue weighted by molar-refractivity contribution is 6.12. The summed E-state index contributed by atoms with van der Waals surface area (Å²) in [5.41, 5.74) is 12.8. The molecular weight excluding hydrogens is 434 g/mol. The van der Waals surface area contributed by atoms with E-state index in [0.717, 1.165) is 29.5 Å². The molecule has 3 amide bonds. The van der Waals surface area contributed by atoms with E-state index in [1.54, 1.807) is 6.07 Å². The predicted molar refractivity (Wildman–Crippen MR) is 132 cm³/mol. The Labute approximate surface area is 198 Å². The zero-order valence-corrected chi connectivity index (χ0v) is 19.8. The van der Waals surface area contributed by atoms with E-state index in [4.69, 9.17) is 10.5 Å². The number of hydrogen-bond donors (Lipinski definition) is 5. The Kier molecular flexibility index (Phi) is 6.97. The first kappa shape index (κ1) is 24.8. The third-order valence-corrected chi connectivity index (χ3v) is 5.49. The fourth-order valence-electron chi connectivity index (χ4n) is 3.91. The number of aromatic nitrogens is 1. The summed E-state index contributed by atoms with van der Waals surface area (Å²) in [6, 6.07) is 13.6. The summed E-state index contributed by atoms with van der Waals surface area (Å²) in [6.07, 6.45) is 1.75. The summed E-state index contributed by atoms with van der Waals surface area (Å²) in [5.74, 6) is -0.355. The molecular formula is C25H31N5O4. The standard InChI is InChI=1S/C24H26N4O4.CH5N/c1-23(2,3)32-22(31)28-24(9-10-24)16-6-4-5-14(11-16)15-7-8-17-18(12-15)27-21(26-13-29)19(17)20(25)30;1-2/h4-8,11-13,27H,9-10H2,1-3H3,(H2,25,30)(H,26,29)(H,28,31);2H2,1H3. The highest BCUT2D eigenvalue weighted by Crippen LogP contribution is 2.46. The highest BCUT2D eigenvalue weighted by Gasteiger charge is 2.46. The first-order chi connectivity index (χ1) is 16.1. The lowest BCUT2D eigenvalue weighted by Gasteiger charge is -2.24. The molecule has 0 aliphatic heterocycles. The van der Waals surface area contributed by atoms with Gasteiger partial charge in [0.25, 0.3) is 5.91 Å². The van der Waals surface area contributed by atoms with Crippen molar-refractivity contribution in [3.05, 3.63) is 53.6 Å². The van der Waals surface area contributed by atoms with Crippen molar-refractivity contribution >= 4 is 35.1 Å². The summed E-state index contributed by atoms with van der Waals surface area (Å²) < 4.78 is 5.43. The minimum atomic E-state index is -0.626. The van der Waals surface area contributed by atoms with E-state index in [2.05, 4.69) is 21.4 Å². The van der Waals surface area contributed by atoms with Gasteiger partial charge in [0.2, 0.25) is 6.41 Å². The Morgan fingerprint density at radius 1 is 1.09 bits per heavy atom. The van der Waals surface area contributed by atoms with Crippen LogP contribution in [0.25, 0.3) is 22.0 Å². The molecule has 1 heterocycles. The average molecular weight is 466 g/mol. The van der Waals surface area contributed by atoms with Gasteiger partial charge in [-0.3, -0.25) is 9.59 Å². The maximum absolute atomic E-state index is 12.3. The molecule has 9 nitrogen and oxygen atoms in total. The molecule has 0 unspecified atom stereocenters. The van der Waals surface area contributed by atoms with Crippen molar-refractivity contribution in [2.75, 3.05) is 12.4 Å². The zero-order valence-electron chi connectivity index (χ0n) is 19.8. The number of carbonyl (C=O) groups is 3. The van der Waals surface area contributed by atoms with E-state index < -0.39 is 23.1 Å². The molecule has 2 aromatic carbocycles. The quantitative estimate of drug-likeness (QED) is 0.352. The molecule has 0 saturated heterocycles. The molecule has 1 aliphatic carbocycles. The van der Waals surface area contributed by atoms with Gasteiger partial charge in [0, 0.05) is 10.9 Å². The number of ether oxygens (including phenoxy) is 1. The Balaban J connectivity index is 0.00000158. The molecule has 4 rings (SSSR count). The van der Waals surface area contributed by atoms with E-state index in [0.29, 0.717) is 17.3 Å². The lowest BCUT2D eigenvalue weighted by Crippen LogP contribution is -2.39. The van der Waals surface area contributed by atoms with Crippen LogP contribution in [0, 0.1) is 0 Å². The molecule has 0 spiro atoms. The SMILES string of the molecule is CC(C)(C)OC(=O)NC1(c2cccc(-c3ccc4c(C(N)=O)c(NC=O)[nH]c4c3)c2)CC1.CN. The van der Waals surface area contributed by atoms with Crippen LogP contribution >= 0.6 is 0 Å². The zero-order chi connectivity index (χ0) is 25.1. The second-order valence-electron chi connectivity index (χ2n) is 9.05. The molecule has 7 N–H and O–H groups in total. The minimum Gasteiger partial charge on any atom is -0.444 e. The number of H-pyrrole nitrogens is 1. The van der Waals surface area contributed by atoms with Crippen molar-refractivity contribution in [3.8, 4) is 11.1 Å². The molecule has 1 fully saturated rings. The minimum absolute atomic E-state index is 0.242. The maximum Gasteiger partial charge on any atom is 0.408 e. The Morgan fingerprint density at radius 2 is 1.76 bits per heavy atom. The number of fused-ring (bicyclic) bond motifs is 1. The second-order valence-corrected chi connectivity index (χ2v) is 9.05. The molecule has 1 saturated carbocycles. The van der Waals surface area contributed by atoms with Gasteiger partial charge in [-0.15, -0.1) is 0 Å². The number of anilines is 1. The molecule has 0 atom stereocenters. The fraction of sp³-hybridized carbons (Fsp3) is 0.320. The van der Waals surface area contributed by atoms with Crippen LogP contribution in [0.15, 0.2) is 42.5 Å². The average Bonchev–Trinajstić information content (AvgIpc) is 3.46. The number of aromatic amines is 1. The van der Waals surface area contributed by atoms with Crippen molar-refractivity contribution in [1.29, 1.82) is 0 Å². The van der Waals surface area contributed by atoms with E-state index in [1.165, 1.54) is 7.05 Å². The normalized spacial score (nSPS) is 13.9. The number of amides is 3. The molecule has 0 bridgehead atoms. The number of primary amides is 1. The van der Waals surface area contributed by atoms with Crippen molar-refractivity contribution in [3.63, 3.8) is 0 Å². The van der Waals surface area contributed by atoms with Crippen LogP contribution in [0.4, 0.5) is 10.6 Å². The van der Waals surface area contributed by atoms with Gasteiger partial charge in [-0.2, -0.15) is 0 Å². The van der Waals surface area contributed by atoms with Gasteiger partial charge in [-0.1, -0.05) is 30.3 Å². The first-order valence-electron chi connectivity index (χ1n) is 11.0. The van der Waals surface area contributed by atoms with Gasteiger partial charge >= 0.3 is 6.09 Å². The van der Waals surface area contributed by atoms with Crippen LogP contribution in [0.3, 0.4) is 0 Å². The van der Waals surface area contributed by atoms with Gasteiger partial charge in [0.1, 0.15) is 11.4 Å². The van der Waals surface area contributed by atoms with Crippen molar-refractivity contribution in [1.82, 2.24) is 10.3 Å². The molecule has 9 heteroatoms. The first-order valence-corrected chi connectivity index (χ1v) is 11.0. The van der Waals surface area contributed by atoms with Crippen molar-refractivity contribution in [2.45, 2.75) is 44.8 Å². The summed E-state index contributed by atoms with van der Waals surface area (Å²) in [4.78, 5) is 38.1. The monoisotopic (exact) mass is 465 g/mol. The Bertz CT molecular complexity index is 1220. The number of alkyl carbamates (subject to hydrolysis) is 1. The van der Waals surface area contributed by atoms with Crippen LogP contribution < -0.4 is 22.1 Å². The largest absolute Gasteiger partial charge is 0.444 e. The lowest BCUT2D eigenvalue weighted by molar-refractivity contribution is -0.105. The predicted octanol–water partition coefficient (Wildman–Crippen LogP) is 3.59. The van der Waals surface area contributed by atoms with Gasteiger partial charge in [-0.05, 0) is 69.5 Å². The number of hydrogen-bond acceptors (Lipinski definition) is 5.